The van der Waals surface area contributed by atoms with Crippen LogP contribution >= 0.6 is 16.1 Å². The molecule has 0 heterocycles. The zero-order valence-corrected chi connectivity index (χ0v) is 32.2. The van der Waals surface area contributed by atoms with Crippen LogP contribution in [0.2, 0.25) is 0 Å². The van der Waals surface area contributed by atoms with E-state index in [0.717, 1.165) is 6.21 Å². The summed E-state index contributed by atoms with van der Waals surface area (Å²) in [5.41, 5.74) is 6.04. The largest absolute Gasteiger partial charge is 0.814 e. The third-order valence-corrected chi connectivity index (χ3v) is 11.4. The van der Waals surface area contributed by atoms with Gasteiger partial charge in [-0.05, 0) is 58.2 Å². The van der Waals surface area contributed by atoms with Crippen molar-refractivity contribution in [1.29, 1.82) is 0 Å². The van der Waals surface area contributed by atoms with Gasteiger partial charge in [-0.15, -0.1) is 0 Å². The van der Waals surface area contributed by atoms with Crippen molar-refractivity contribution < 1.29 is 20.4 Å². The predicted octanol–water partition coefficient (Wildman–Crippen LogP) is 9.32. The molecule has 1 atom stereocenters. The van der Waals surface area contributed by atoms with E-state index in [4.69, 9.17) is 5.41 Å². The van der Waals surface area contributed by atoms with Crippen LogP contribution in [0, 0.1) is 7.43 Å². The maximum absolute atomic E-state index is 7.44. The number of nitrogens with zero attached hydrogens (tertiary/aromatic N) is 1. The molecule has 4 heteroatoms. The van der Waals surface area contributed by atoms with E-state index in [0.29, 0.717) is 8.20 Å². The van der Waals surface area contributed by atoms with Gasteiger partial charge in [-0.1, -0.05) is 130 Å². The Morgan fingerprint density at radius 3 is 1.39 bits per heavy atom. The second kappa shape index (κ2) is 16.9. The third-order valence-electron chi connectivity index (χ3n) is 7.35. The molecule has 0 aliphatic carbocycles. The molecule has 0 aliphatic rings. The Balaban J connectivity index is 0.00000186. The van der Waals surface area contributed by atoms with Crippen LogP contribution in [-0.4, -0.2) is 12.0 Å². The molecule has 0 fully saturated rings. The van der Waals surface area contributed by atoms with Gasteiger partial charge in [0.05, 0.1) is 13.5 Å². The molecule has 0 saturated heterocycles. The Kier molecular flexibility index (Phi) is 15.3. The fourth-order valence-electron chi connectivity index (χ4n) is 5.10. The molecule has 4 rings (SSSR count). The minimum absolute atomic E-state index is 0. The summed E-state index contributed by atoms with van der Waals surface area (Å²) in [6, 6.07) is 36.3. The van der Waals surface area contributed by atoms with Crippen molar-refractivity contribution in [2.45, 2.75) is 85.5 Å². The first-order chi connectivity index (χ1) is 19.7. The van der Waals surface area contributed by atoms with Crippen molar-refractivity contribution in [1.82, 2.24) is 0 Å². The molecular formula is C40H53NP2Pd. The van der Waals surface area contributed by atoms with Crippen molar-refractivity contribution in [3.05, 3.63) is 132 Å². The molecule has 0 amide bonds. The van der Waals surface area contributed by atoms with Crippen molar-refractivity contribution in [2.75, 3.05) is 0 Å². The molecule has 0 bridgehead atoms. The standard InChI is InChI=1S/C37H44P2.C2H4N.CH3.Pd/c1-35(2,3)28-24-31(36(4,5)6)34(32(25-28)37(7,8)9)38-26-27-18-16-17-23-33(27)39(29-19-12-10-13-20-29)30-21-14-11-15-22-30;1-2-3;;/h10-26H,1-9H3;2H,1H3;1H3;/q;2*-1;/p+2. The van der Waals surface area contributed by atoms with Gasteiger partial charge >= 0.3 is 0 Å². The molecule has 4 aromatic carbocycles. The molecule has 0 spiro atoms. The zero-order valence-electron chi connectivity index (χ0n) is 28.7. The molecule has 4 aromatic rings. The predicted molar refractivity (Wildman–Crippen MR) is 204 cm³/mol. The van der Waals surface area contributed by atoms with E-state index in [1.165, 1.54) is 43.5 Å². The molecule has 0 aromatic heterocycles. The first-order valence-corrected chi connectivity index (χ1v) is 17.5. The first kappa shape index (κ1) is 39.8. The molecule has 0 aliphatic heterocycles. The number of benzene rings is 4. The Labute approximate surface area is 286 Å². The van der Waals surface area contributed by atoms with Gasteiger partial charge in [-0.2, -0.15) is 0 Å². The van der Waals surface area contributed by atoms with Crippen LogP contribution in [-0.2, 0) is 36.7 Å². The van der Waals surface area contributed by atoms with Gasteiger partial charge in [-0.3, -0.25) is 0 Å². The van der Waals surface area contributed by atoms with Crippen molar-refractivity contribution in [2.24, 2.45) is 0 Å². The minimum Gasteiger partial charge on any atom is -0.814 e. The number of hydrogen-bond acceptors (Lipinski definition) is 0. The van der Waals surface area contributed by atoms with Crippen LogP contribution in [0.3, 0.4) is 0 Å². The Morgan fingerprint density at radius 1 is 0.614 bits per heavy atom. The second-order valence-corrected chi connectivity index (χ2v) is 17.5. The normalized spacial score (nSPS) is 11.7. The summed E-state index contributed by atoms with van der Waals surface area (Å²) in [5.74, 6) is 2.53. The maximum Gasteiger partial charge on any atom is 0.153 e. The van der Waals surface area contributed by atoms with Gasteiger partial charge in [0.25, 0.3) is 0 Å². The van der Waals surface area contributed by atoms with Crippen LogP contribution in [0.1, 0.15) is 91.5 Å². The molecule has 1 nitrogen and oxygen atoms in total. The molecule has 1 unspecified atom stereocenters. The van der Waals surface area contributed by atoms with Gasteiger partial charge in [0.2, 0.25) is 0 Å². The van der Waals surface area contributed by atoms with E-state index >= 15 is 0 Å². The molecule has 238 valence electrons. The maximum atomic E-state index is 7.44. The molecule has 0 N–H and O–H groups in total. The Morgan fingerprint density at radius 2 is 1.00 bits per heavy atom. The topological polar surface area (TPSA) is 22.3 Å². The number of hydrogen-bond donors (Lipinski definition) is 0. The zero-order chi connectivity index (χ0) is 31.1. The van der Waals surface area contributed by atoms with Gasteiger partial charge in [0.1, 0.15) is 29.9 Å². The van der Waals surface area contributed by atoms with Crippen molar-refractivity contribution >= 4 is 49.4 Å². The fraction of sp³-hybridized carbons (Fsp3) is 0.325. The summed E-state index contributed by atoms with van der Waals surface area (Å²) in [5, 5.41) is 13.3. The van der Waals surface area contributed by atoms with E-state index in [1.807, 2.05) is 0 Å². The molecule has 44 heavy (non-hydrogen) atoms. The van der Waals surface area contributed by atoms with E-state index in [9.17, 15) is 0 Å². The summed E-state index contributed by atoms with van der Waals surface area (Å²) in [6.07, 6.45) is 1.00. The van der Waals surface area contributed by atoms with E-state index < -0.39 is 7.92 Å². The molecule has 0 radical (unpaired) electrons. The van der Waals surface area contributed by atoms with Crippen LogP contribution in [0.25, 0.3) is 5.41 Å². The van der Waals surface area contributed by atoms with Gasteiger partial charge in [0, 0.05) is 31.5 Å². The first-order valence-electron chi connectivity index (χ1n) is 15.0. The summed E-state index contributed by atoms with van der Waals surface area (Å²) in [4.78, 5) is 0. The van der Waals surface area contributed by atoms with Gasteiger partial charge < -0.3 is 12.8 Å². The summed E-state index contributed by atoms with van der Waals surface area (Å²) < 4.78 is 0. The minimum atomic E-state index is -1.14. The van der Waals surface area contributed by atoms with Crippen LogP contribution in [0.15, 0.2) is 97.1 Å². The quantitative estimate of drug-likeness (QED) is 0.0851. The summed E-state index contributed by atoms with van der Waals surface area (Å²) >= 11 is 0. The van der Waals surface area contributed by atoms with E-state index in [-0.39, 0.29) is 44.1 Å². The van der Waals surface area contributed by atoms with Crippen molar-refractivity contribution in [3.63, 3.8) is 0 Å². The van der Waals surface area contributed by atoms with Gasteiger partial charge in [0.15, 0.2) is 5.30 Å². The van der Waals surface area contributed by atoms with Crippen molar-refractivity contribution in [3.8, 4) is 0 Å². The fourth-order valence-corrected chi connectivity index (χ4v) is 9.72. The van der Waals surface area contributed by atoms with Gasteiger partial charge in [-0.25, -0.2) is 6.21 Å². The monoisotopic (exact) mass is 715 g/mol. The average Bonchev–Trinajstić information content (AvgIpc) is 2.92. The van der Waals surface area contributed by atoms with Crippen LogP contribution < -0.4 is 21.2 Å². The van der Waals surface area contributed by atoms with Crippen LogP contribution in [0.4, 0.5) is 0 Å². The Hall–Kier alpha value is -2.19. The summed E-state index contributed by atoms with van der Waals surface area (Å²) in [7, 11) is -0.537. The molecular weight excluding hydrogens is 663 g/mol. The van der Waals surface area contributed by atoms with E-state index in [2.05, 4.69) is 165 Å². The Bertz CT molecular complexity index is 1410. The number of rotatable bonds is 5. The second-order valence-electron chi connectivity index (χ2n) is 13.9. The third kappa shape index (κ3) is 10.4. The SMILES string of the molecule is CC(C)(C)c1cc(C(C)(C)C)c(/[PH+]=C/c2ccccc2[PH+](c2ccccc2)c2ccccc2)c(C(C)(C)C)c1.CC=[N-].[CH3-].[Pd]. The van der Waals surface area contributed by atoms with E-state index in [1.54, 1.807) is 6.92 Å². The summed E-state index contributed by atoms with van der Waals surface area (Å²) in [6.45, 7) is 22.8. The average molecular weight is 716 g/mol. The smallest absolute Gasteiger partial charge is 0.153 e. The molecule has 0 saturated carbocycles. The van der Waals surface area contributed by atoms with Crippen LogP contribution in [0.5, 0.6) is 0 Å².